The van der Waals surface area contributed by atoms with Gasteiger partial charge in [0.05, 0.1) is 25.8 Å². The number of ketones is 1. The number of benzene rings is 1. The maximum absolute atomic E-state index is 12.9. The highest BCUT2D eigenvalue weighted by Crippen LogP contribution is 2.26. The van der Waals surface area contributed by atoms with E-state index in [1.54, 1.807) is 30.3 Å². The number of carbonyl (C=O) groups is 5. The molecule has 0 aliphatic carbocycles. The van der Waals surface area contributed by atoms with E-state index in [-0.39, 0.29) is 18.0 Å². The third kappa shape index (κ3) is 9.90. The predicted octanol–water partition coefficient (Wildman–Crippen LogP) is 2.63. The molecule has 1 saturated heterocycles. The summed E-state index contributed by atoms with van der Waals surface area (Å²) in [5, 5.41) is 17.6. The topological polar surface area (TPSA) is 179 Å². The number of nitrogens with one attached hydrogen (secondary N) is 4. The molecule has 2 unspecified atom stereocenters. The zero-order valence-electron chi connectivity index (χ0n) is 25.1. The van der Waals surface area contributed by atoms with Gasteiger partial charge in [0.15, 0.2) is 12.4 Å². The Morgan fingerprint density at radius 1 is 1.19 bits per heavy atom. The summed E-state index contributed by atoms with van der Waals surface area (Å²) in [5.41, 5.74) is -0.542. The number of carbonyl (C=O) groups excluding carboxylic acids is 5. The molecule has 12 heteroatoms. The second-order valence-electron chi connectivity index (χ2n) is 11.3. The molecule has 1 aliphatic heterocycles. The molecule has 3 rings (SSSR count). The van der Waals surface area contributed by atoms with Gasteiger partial charge < -0.3 is 30.4 Å². The Labute approximate surface area is 245 Å². The van der Waals surface area contributed by atoms with Crippen LogP contribution in [0, 0.1) is 28.6 Å². The summed E-state index contributed by atoms with van der Waals surface area (Å²) in [4.78, 5) is 65.5. The molecule has 1 fully saturated rings. The number of Topliss-reactive ketones (excluding diaryl/α,β-unsaturated/α-hetero) is 1. The van der Waals surface area contributed by atoms with Crippen molar-refractivity contribution < 1.29 is 33.4 Å². The monoisotopic (exact) mass is 583 g/mol. The number of aromatic amines is 1. The third-order valence-corrected chi connectivity index (χ3v) is 6.28. The number of methoxy groups -OCH3 is 1. The SMILES string of the molecule is CC(C)C.COc1cccc2[nH]c(C(=O)NCC(=O)NC(CC3CCCNC3=O)C(=O)COC(=O)C(C)(C)C#N)cc12. The minimum atomic E-state index is -1.45. The highest BCUT2D eigenvalue weighted by molar-refractivity contribution is 6.01. The highest BCUT2D eigenvalue weighted by atomic mass is 16.5. The number of esters is 1. The Kier molecular flexibility index (Phi) is 12.5. The van der Waals surface area contributed by atoms with E-state index >= 15 is 0 Å². The van der Waals surface area contributed by atoms with Gasteiger partial charge in [-0.15, -0.1) is 0 Å². The maximum atomic E-state index is 12.9. The first-order valence-corrected chi connectivity index (χ1v) is 13.9. The number of H-pyrrole nitrogens is 1. The molecule has 228 valence electrons. The minimum absolute atomic E-state index is 0.00532. The molecule has 12 nitrogen and oxygen atoms in total. The maximum Gasteiger partial charge on any atom is 0.326 e. The van der Waals surface area contributed by atoms with Gasteiger partial charge in [-0.1, -0.05) is 26.8 Å². The smallest absolute Gasteiger partial charge is 0.326 e. The van der Waals surface area contributed by atoms with E-state index in [9.17, 15) is 24.0 Å². The Balaban J connectivity index is 0.00000144. The lowest BCUT2D eigenvalue weighted by Gasteiger charge is -2.26. The molecule has 2 aromatic rings. The van der Waals surface area contributed by atoms with Gasteiger partial charge in [-0.2, -0.15) is 5.26 Å². The predicted molar refractivity (Wildman–Crippen MR) is 155 cm³/mol. The minimum Gasteiger partial charge on any atom is -0.496 e. The lowest BCUT2D eigenvalue weighted by molar-refractivity contribution is -0.154. The summed E-state index contributed by atoms with van der Waals surface area (Å²) in [6.45, 7) is 8.64. The van der Waals surface area contributed by atoms with Gasteiger partial charge in [-0.25, -0.2) is 0 Å². The van der Waals surface area contributed by atoms with E-state index in [2.05, 4.69) is 41.7 Å². The second kappa shape index (κ2) is 15.6. The van der Waals surface area contributed by atoms with Gasteiger partial charge in [0.25, 0.3) is 5.91 Å². The zero-order chi connectivity index (χ0) is 31.4. The molecule has 4 N–H and O–H groups in total. The molecule has 1 aromatic carbocycles. The van der Waals surface area contributed by atoms with Crippen LogP contribution in [0.15, 0.2) is 24.3 Å². The standard InChI is InChI=1S/C26H31N5O7.C4H10/c1-26(2,14-27)25(36)38-13-20(32)18(10-15-6-5-9-28-23(15)34)31-22(33)12-29-24(35)19-11-16-17(30-19)7-4-8-21(16)37-3;1-4(2)3/h4,7-8,11,15,18,30H,5-6,9-10,12-13H2,1-3H3,(H,28,34)(H,29,35)(H,31,33);4H,1-3H3. The lowest BCUT2D eigenvalue weighted by Crippen LogP contribution is -2.49. The van der Waals surface area contributed by atoms with Crippen molar-refractivity contribution in [3.63, 3.8) is 0 Å². The average Bonchev–Trinajstić information content (AvgIpc) is 3.39. The van der Waals surface area contributed by atoms with Crippen LogP contribution in [0.2, 0.25) is 0 Å². The first-order chi connectivity index (χ1) is 19.8. The fourth-order valence-corrected chi connectivity index (χ4v) is 4.01. The molecule has 3 amide bonds. The molecule has 42 heavy (non-hydrogen) atoms. The number of ether oxygens (including phenoxy) is 2. The van der Waals surface area contributed by atoms with Gasteiger partial charge >= 0.3 is 5.97 Å². The van der Waals surface area contributed by atoms with Crippen molar-refractivity contribution in [2.75, 3.05) is 26.8 Å². The molecule has 0 saturated carbocycles. The number of nitrogens with zero attached hydrogens (tertiary/aromatic N) is 1. The van der Waals surface area contributed by atoms with Crippen molar-refractivity contribution in [2.45, 2.75) is 59.9 Å². The number of nitriles is 1. The van der Waals surface area contributed by atoms with Crippen molar-refractivity contribution in [3.05, 3.63) is 30.0 Å². The van der Waals surface area contributed by atoms with Gasteiger partial charge in [0.1, 0.15) is 16.9 Å². The number of piperidine rings is 1. The van der Waals surface area contributed by atoms with Crippen molar-refractivity contribution in [2.24, 2.45) is 17.3 Å². The average molecular weight is 584 g/mol. The summed E-state index contributed by atoms with van der Waals surface area (Å²) in [6.07, 6.45) is 1.26. The Morgan fingerprint density at radius 3 is 2.50 bits per heavy atom. The summed E-state index contributed by atoms with van der Waals surface area (Å²) < 4.78 is 10.3. The van der Waals surface area contributed by atoms with Crippen LogP contribution in [-0.2, 0) is 23.9 Å². The molecular weight excluding hydrogens is 542 g/mol. The van der Waals surface area contributed by atoms with Crippen LogP contribution in [0.4, 0.5) is 0 Å². The van der Waals surface area contributed by atoms with Crippen LogP contribution >= 0.6 is 0 Å². The lowest BCUT2D eigenvalue weighted by atomic mass is 9.90. The largest absolute Gasteiger partial charge is 0.496 e. The number of rotatable bonds is 11. The fraction of sp³-hybridized carbons (Fsp3) is 0.533. The van der Waals surface area contributed by atoms with Crippen molar-refractivity contribution in [3.8, 4) is 11.8 Å². The number of fused-ring (bicyclic) bond motifs is 1. The van der Waals surface area contributed by atoms with Crippen LogP contribution < -0.4 is 20.7 Å². The van der Waals surface area contributed by atoms with E-state index in [0.717, 1.165) is 12.3 Å². The summed E-state index contributed by atoms with van der Waals surface area (Å²) in [5.74, 6) is -2.04. The van der Waals surface area contributed by atoms with Crippen molar-refractivity contribution in [1.29, 1.82) is 5.26 Å². The van der Waals surface area contributed by atoms with Gasteiger partial charge in [0.2, 0.25) is 11.8 Å². The second-order valence-corrected chi connectivity index (χ2v) is 11.3. The molecule has 1 aliphatic rings. The van der Waals surface area contributed by atoms with Crippen LogP contribution in [0.5, 0.6) is 5.75 Å². The first kappa shape index (κ1) is 33.8. The van der Waals surface area contributed by atoms with Crippen molar-refractivity contribution in [1.82, 2.24) is 20.9 Å². The number of hydrogen-bond acceptors (Lipinski definition) is 8. The number of aromatic nitrogens is 1. The molecule has 0 radical (unpaired) electrons. The Bertz CT molecular complexity index is 1320. The van der Waals surface area contributed by atoms with E-state index in [0.29, 0.717) is 29.6 Å². The zero-order valence-corrected chi connectivity index (χ0v) is 25.1. The number of hydrogen-bond donors (Lipinski definition) is 4. The summed E-state index contributed by atoms with van der Waals surface area (Å²) >= 11 is 0. The molecule has 1 aromatic heterocycles. The molecule has 2 atom stereocenters. The van der Waals surface area contributed by atoms with Crippen LogP contribution in [0.1, 0.15) is 64.4 Å². The van der Waals surface area contributed by atoms with Gasteiger partial charge in [0, 0.05) is 23.4 Å². The summed E-state index contributed by atoms with van der Waals surface area (Å²) in [7, 11) is 1.52. The van der Waals surface area contributed by atoms with Gasteiger partial charge in [-0.3, -0.25) is 24.0 Å². The first-order valence-electron chi connectivity index (χ1n) is 13.9. The van der Waals surface area contributed by atoms with E-state index < -0.39 is 54.1 Å². The normalized spacial score (nSPS) is 15.4. The Hall–Kier alpha value is -4.40. The van der Waals surface area contributed by atoms with Gasteiger partial charge in [-0.05, 0) is 57.2 Å². The highest BCUT2D eigenvalue weighted by Gasteiger charge is 2.33. The van der Waals surface area contributed by atoms with Crippen LogP contribution in [0.3, 0.4) is 0 Å². The molecule has 2 heterocycles. The summed E-state index contributed by atoms with van der Waals surface area (Å²) in [6, 6.07) is 7.57. The fourth-order valence-electron chi connectivity index (χ4n) is 4.01. The third-order valence-electron chi connectivity index (χ3n) is 6.28. The van der Waals surface area contributed by atoms with Crippen LogP contribution in [0.25, 0.3) is 10.9 Å². The van der Waals surface area contributed by atoms with Crippen LogP contribution in [-0.4, -0.2) is 67.3 Å². The van der Waals surface area contributed by atoms with E-state index in [1.807, 2.05) is 0 Å². The quantitative estimate of drug-likeness (QED) is 0.291. The molecule has 0 spiro atoms. The van der Waals surface area contributed by atoms with Crippen molar-refractivity contribution >= 4 is 40.4 Å². The van der Waals surface area contributed by atoms with E-state index in [1.165, 1.54) is 21.0 Å². The molecule has 0 bridgehead atoms. The Morgan fingerprint density at radius 2 is 1.88 bits per heavy atom. The molecular formula is C30H41N5O7. The number of amides is 3. The van der Waals surface area contributed by atoms with E-state index in [4.69, 9.17) is 14.7 Å².